The van der Waals surface area contributed by atoms with E-state index in [1.54, 1.807) is 0 Å². The van der Waals surface area contributed by atoms with E-state index in [0.717, 1.165) is 5.56 Å². The van der Waals surface area contributed by atoms with Crippen LogP contribution in [0, 0.1) is 0 Å². The number of hydrogen-bond donors (Lipinski definition) is 1. The van der Waals surface area contributed by atoms with E-state index in [4.69, 9.17) is 0 Å². The van der Waals surface area contributed by atoms with Gasteiger partial charge in [0.05, 0.1) is 26.7 Å². The lowest BCUT2D eigenvalue weighted by Gasteiger charge is -2.17. The highest BCUT2D eigenvalue weighted by molar-refractivity contribution is 5.73. The highest BCUT2D eigenvalue weighted by Crippen LogP contribution is 2.17. The largest absolute Gasteiger partial charge is 0.469 e. The van der Waals surface area contributed by atoms with Crippen LogP contribution >= 0.6 is 0 Å². The Morgan fingerprint density at radius 1 is 1.18 bits per heavy atom. The van der Waals surface area contributed by atoms with Crippen LogP contribution in [0.4, 0.5) is 4.79 Å². The number of hydrogen-bond acceptors (Lipinski definition) is 4. The fourth-order valence-corrected chi connectivity index (χ4v) is 1.39. The Bertz CT molecular complexity index is 359. The molecule has 0 spiro atoms. The number of carbonyl (C=O) groups excluding carboxylic acids is 2. The normalized spacial score (nSPS) is 11.4. The predicted octanol–water partition coefficient (Wildman–Crippen LogP) is 1.65. The molecule has 92 valence electrons. The molecular formula is C12H15NO4. The van der Waals surface area contributed by atoms with Gasteiger partial charge in [-0.15, -0.1) is 0 Å². The van der Waals surface area contributed by atoms with E-state index >= 15 is 0 Å². The van der Waals surface area contributed by atoms with Gasteiger partial charge in [0, 0.05) is 0 Å². The molecule has 0 saturated heterocycles. The van der Waals surface area contributed by atoms with Crippen LogP contribution < -0.4 is 5.32 Å². The minimum Gasteiger partial charge on any atom is -0.469 e. The van der Waals surface area contributed by atoms with Crippen LogP contribution in [0.1, 0.15) is 18.0 Å². The zero-order chi connectivity index (χ0) is 12.7. The smallest absolute Gasteiger partial charge is 0.407 e. The molecule has 0 bridgehead atoms. The number of ether oxygens (including phenoxy) is 2. The Balaban J connectivity index is 2.79. The number of alkyl carbamates (subject to hydrolysis) is 1. The molecule has 1 aromatic rings. The first-order chi connectivity index (χ1) is 8.17. The van der Waals surface area contributed by atoms with Crippen molar-refractivity contribution in [2.24, 2.45) is 0 Å². The third-order valence-electron chi connectivity index (χ3n) is 2.28. The van der Waals surface area contributed by atoms with Crippen LogP contribution in [0.2, 0.25) is 0 Å². The Morgan fingerprint density at radius 3 is 2.35 bits per heavy atom. The zero-order valence-electron chi connectivity index (χ0n) is 9.80. The Kier molecular flexibility index (Phi) is 5.00. The first-order valence-corrected chi connectivity index (χ1v) is 5.13. The Hall–Kier alpha value is -2.04. The van der Waals surface area contributed by atoms with E-state index in [0.29, 0.717) is 0 Å². The Morgan fingerprint density at radius 2 is 1.82 bits per heavy atom. The third kappa shape index (κ3) is 4.14. The van der Waals surface area contributed by atoms with E-state index in [-0.39, 0.29) is 6.42 Å². The monoisotopic (exact) mass is 237 g/mol. The van der Waals surface area contributed by atoms with Crippen LogP contribution in [0.5, 0.6) is 0 Å². The van der Waals surface area contributed by atoms with Crippen molar-refractivity contribution in [1.29, 1.82) is 0 Å². The second-order valence-corrected chi connectivity index (χ2v) is 3.38. The number of methoxy groups -OCH3 is 2. The molecule has 0 heterocycles. The number of rotatable bonds is 4. The molecule has 1 rings (SSSR count). The van der Waals surface area contributed by atoms with Gasteiger partial charge in [0.25, 0.3) is 0 Å². The van der Waals surface area contributed by atoms with Crippen molar-refractivity contribution in [3.8, 4) is 0 Å². The number of nitrogens with one attached hydrogen (secondary N) is 1. The summed E-state index contributed by atoms with van der Waals surface area (Å²) in [5, 5.41) is 2.59. The SMILES string of the molecule is COC(=O)C[C@@H](NC(=O)OC)c1ccccc1. The Labute approximate surface area is 99.7 Å². The summed E-state index contributed by atoms with van der Waals surface area (Å²) in [4.78, 5) is 22.4. The van der Waals surface area contributed by atoms with Crippen LogP contribution in [-0.2, 0) is 14.3 Å². The van der Waals surface area contributed by atoms with Crippen molar-refractivity contribution >= 4 is 12.1 Å². The molecule has 1 atom stereocenters. The van der Waals surface area contributed by atoms with Gasteiger partial charge in [0.1, 0.15) is 0 Å². The lowest BCUT2D eigenvalue weighted by atomic mass is 10.0. The lowest BCUT2D eigenvalue weighted by Crippen LogP contribution is -2.30. The van der Waals surface area contributed by atoms with E-state index < -0.39 is 18.1 Å². The second kappa shape index (κ2) is 6.52. The number of benzene rings is 1. The quantitative estimate of drug-likeness (QED) is 0.808. The van der Waals surface area contributed by atoms with E-state index in [2.05, 4.69) is 14.8 Å². The van der Waals surface area contributed by atoms with Crippen molar-refractivity contribution in [3.05, 3.63) is 35.9 Å². The molecule has 0 fully saturated rings. The van der Waals surface area contributed by atoms with Crippen LogP contribution in [-0.4, -0.2) is 26.3 Å². The summed E-state index contributed by atoms with van der Waals surface area (Å²) in [5.74, 6) is -0.393. The van der Waals surface area contributed by atoms with Gasteiger partial charge in [-0.05, 0) is 5.56 Å². The number of amides is 1. The van der Waals surface area contributed by atoms with Gasteiger partial charge in [0.2, 0.25) is 0 Å². The van der Waals surface area contributed by atoms with Gasteiger partial charge in [-0.25, -0.2) is 4.79 Å². The molecule has 0 aliphatic carbocycles. The van der Waals surface area contributed by atoms with E-state index in [9.17, 15) is 9.59 Å². The van der Waals surface area contributed by atoms with Gasteiger partial charge < -0.3 is 14.8 Å². The molecule has 1 aromatic carbocycles. The second-order valence-electron chi connectivity index (χ2n) is 3.38. The summed E-state index contributed by atoms with van der Waals surface area (Å²) in [7, 11) is 2.58. The average Bonchev–Trinajstić information content (AvgIpc) is 2.38. The number of carbonyl (C=O) groups is 2. The maximum atomic E-state index is 11.3. The molecule has 1 N–H and O–H groups in total. The molecule has 17 heavy (non-hydrogen) atoms. The van der Waals surface area contributed by atoms with E-state index in [1.165, 1.54) is 14.2 Å². The maximum Gasteiger partial charge on any atom is 0.407 e. The fraction of sp³-hybridized carbons (Fsp3) is 0.333. The van der Waals surface area contributed by atoms with Crippen LogP contribution in [0.25, 0.3) is 0 Å². The van der Waals surface area contributed by atoms with Gasteiger partial charge in [-0.3, -0.25) is 4.79 Å². The molecule has 0 unspecified atom stereocenters. The minimum absolute atomic E-state index is 0.0651. The first kappa shape index (κ1) is 13.0. The van der Waals surface area contributed by atoms with Crippen molar-refractivity contribution in [1.82, 2.24) is 5.32 Å². The van der Waals surface area contributed by atoms with Crippen molar-refractivity contribution in [2.75, 3.05) is 14.2 Å². The molecule has 0 aromatic heterocycles. The van der Waals surface area contributed by atoms with Gasteiger partial charge in [-0.1, -0.05) is 30.3 Å². The van der Waals surface area contributed by atoms with Gasteiger partial charge in [-0.2, -0.15) is 0 Å². The first-order valence-electron chi connectivity index (χ1n) is 5.13. The van der Waals surface area contributed by atoms with Crippen molar-refractivity contribution in [3.63, 3.8) is 0 Å². The minimum atomic E-state index is -0.581. The molecule has 1 amide bonds. The predicted molar refractivity (Wildman–Crippen MR) is 61.4 cm³/mol. The van der Waals surface area contributed by atoms with Gasteiger partial charge >= 0.3 is 12.1 Å². The third-order valence-corrected chi connectivity index (χ3v) is 2.28. The highest BCUT2D eigenvalue weighted by Gasteiger charge is 2.18. The summed E-state index contributed by atoms with van der Waals surface area (Å²) in [6, 6.07) is 8.72. The van der Waals surface area contributed by atoms with Gasteiger partial charge in [0.15, 0.2) is 0 Å². The zero-order valence-corrected chi connectivity index (χ0v) is 9.80. The number of esters is 1. The summed E-state index contributed by atoms with van der Waals surface area (Å²) in [6.45, 7) is 0. The highest BCUT2D eigenvalue weighted by atomic mass is 16.5. The molecule has 5 nitrogen and oxygen atoms in total. The van der Waals surface area contributed by atoms with Crippen molar-refractivity contribution < 1.29 is 19.1 Å². The molecule has 0 aliphatic heterocycles. The standard InChI is InChI=1S/C12H15NO4/c1-16-11(14)8-10(13-12(15)17-2)9-6-4-3-5-7-9/h3-7,10H,8H2,1-2H3,(H,13,15)/t10-/m1/s1. The average molecular weight is 237 g/mol. The maximum absolute atomic E-state index is 11.3. The molecule has 0 aliphatic rings. The fourth-order valence-electron chi connectivity index (χ4n) is 1.39. The molecule has 5 heteroatoms. The van der Waals surface area contributed by atoms with Crippen LogP contribution in [0.15, 0.2) is 30.3 Å². The molecule has 0 saturated carbocycles. The summed E-state index contributed by atoms with van der Waals surface area (Å²) in [5.41, 5.74) is 0.823. The summed E-state index contributed by atoms with van der Waals surface area (Å²) < 4.78 is 9.10. The summed E-state index contributed by atoms with van der Waals surface area (Å²) in [6.07, 6.45) is -0.516. The molecular weight excluding hydrogens is 222 g/mol. The lowest BCUT2D eigenvalue weighted by molar-refractivity contribution is -0.141. The van der Waals surface area contributed by atoms with Crippen molar-refractivity contribution in [2.45, 2.75) is 12.5 Å². The molecule has 0 radical (unpaired) electrons. The topological polar surface area (TPSA) is 64.6 Å². The summed E-state index contributed by atoms with van der Waals surface area (Å²) >= 11 is 0. The van der Waals surface area contributed by atoms with Crippen LogP contribution in [0.3, 0.4) is 0 Å². The van der Waals surface area contributed by atoms with E-state index in [1.807, 2.05) is 30.3 Å².